The van der Waals surface area contributed by atoms with Gasteiger partial charge in [0.05, 0.1) is 0 Å². The van der Waals surface area contributed by atoms with Gasteiger partial charge in [0.1, 0.15) is 0 Å². The van der Waals surface area contributed by atoms with Crippen LogP contribution in [-0.2, 0) is 6.42 Å². The highest BCUT2D eigenvalue weighted by Gasteiger charge is 1.90. The van der Waals surface area contributed by atoms with Crippen molar-refractivity contribution < 1.29 is 0 Å². The van der Waals surface area contributed by atoms with E-state index >= 15 is 0 Å². The smallest absolute Gasteiger partial charge is 0.00580 e. The van der Waals surface area contributed by atoms with E-state index in [1.54, 1.807) is 11.3 Å². The molecule has 1 heterocycles. The molecule has 0 aliphatic carbocycles. The minimum absolute atomic E-state index is 1.03. The van der Waals surface area contributed by atoms with Gasteiger partial charge in [-0.25, -0.2) is 0 Å². The van der Waals surface area contributed by atoms with Crippen LogP contribution in [0, 0.1) is 0 Å². The Morgan fingerprint density at radius 2 is 2.56 bits per heavy atom. The summed E-state index contributed by atoms with van der Waals surface area (Å²) in [5.74, 6) is 0. The van der Waals surface area contributed by atoms with E-state index < -0.39 is 0 Å². The third-order valence-corrected chi connectivity index (χ3v) is 1.82. The Bertz CT molecular complexity index is 184. The summed E-state index contributed by atoms with van der Waals surface area (Å²) in [5, 5.41) is 4.26. The Kier molecular flexibility index (Phi) is 2.06. The third-order valence-electron chi connectivity index (χ3n) is 1.09. The Morgan fingerprint density at radius 3 is 3.00 bits per heavy atom. The van der Waals surface area contributed by atoms with Gasteiger partial charge in [0.25, 0.3) is 0 Å². The molecule has 9 heavy (non-hydrogen) atoms. The minimum atomic E-state index is 1.03. The van der Waals surface area contributed by atoms with Crippen LogP contribution < -0.4 is 0 Å². The van der Waals surface area contributed by atoms with Crippen LogP contribution in [0.4, 0.5) is 0 Å². The normalized spacial score (nSPS) is 9.44. The number of hydrogen-bond donors (Lipinski definition) is 0. The summed E-state index contributed by atoms with van der Waals surface area (Å²) in [5.41, 5.74) is 2.61. The van der Waals surface area contributed by atoms with Gasteiger partial charge >= 0.3 is 0 Å². The van der Waals surface area contributed by atoms with E-state index in [2.05, 4.69) is 30.3 Å². The number of thiophene rings is 1. The molecule has 0 unspecified atom stereocenters. The van der Waals surface area contributed by atoms with Gasteiger partial charge in [0.15, 0.2) is 0 Å². The standard InChI is InChI=1S/C8H10S/c1-7(2)5-8-3-4-9-6-8/h3-4,6H,1,5H2,2H3. The quantitative estimate of drug-likeness (QED) is 0.551. The molecule has 48 valence electrons. The van der Waals surface area contributed by atoms with Gasteiger partial charge in [0.2, 0.25) is 0 Å². The zero-order valence-electron chi connectivity index (χ0n) is 5.55. The summed E-state index contributed by atoms with van der Waals surface area (Å²) in [6.45, 7) is 5.89. The summed E-state index contributed by atoms with van der Waals surface area (Å²) >= 11 is 1.74. The maximum atomic E-state index is 3.83. The highest BCUT2D eigenvalue weighted by molar-refractivity contribution is 7.07. The molecule has 0 spiro atoms. The van der Waals surface area contributed by atoms with Crippen molar-refractivity contribution >= 4 is 11.3 Å². The van der Waals surface area contributed by atoms with Gasteiger partial charge in [-0.1, -0.05) is 12.2 Å². The summed E-state index contributed by atoms with van der Waals surface area (Å²) in [6.07, 6.45) is 1.03. The Balaban J connectivity index is 2.58. The molecule has 1 rings (SSSR count). The van der Waals surface area contributed by atoms with Crippen molar-refractivity contribution in [3.05, 3.63) is 34.5 Å². The summed E-state index contributed by atoms with van der Waals surface area (Å²) in [7, 11) is 0. The molecule has 0 radical (unpaired) electrons. The molecule has 0 aliphatic heterocycles. The fraction of sp³-hybridized carbons (Fsp3) is 0.250. The van der Waals surface area contributed by atoms with Crippen molar-refractivity contribution in [3.63, 3.8) is 0 Å². The molecule has 0 saturated heterocycles. The van der Waals surface area contributed by atoms with E-state index in [1.807, 2.05) is 0 Å². The van der Waals surface area contributed by atoms with E-state index in [-0.39, 0.29) is 0 Å². The predicted molar refractivity (Wildman–Crippen MR) is 42.8 cm³/mol. The average Bonchev–Trinajstić information content (AvgIpc) is 2.15. The van der Waals surface area contributed by atoms with Gasteiger partial charge in [-0.2, -0.15) is 11.3 Å². The van der Waals surface area contributed by atoms with Gasteiger partial charge in [-0.15, -0.1) is 0 Å². The number of rotatable bonds is 2. The zero-order chi connectivity index (χ0) is 6.69. The molecule has 1 aromatic heterocycles. The molecule has 1 heteroatoms. The predicted octanol–water partition coefficient (Wildman–Crippen LogP) is 2.87. The van der Waals surface area contributed by atoms with Crippen LogP contribution in [0.3, 0.4) is 0 Å². The second-order valence-electron chi connectivity index (χ2n) is 2.27. The lowest BCUT2D eigenvalue weighted by Crippen LogP contribution is -1.78. The van der Waals surface area contributed by atoms with E-state index in [1.165, 1.54) is 11.1 Å². The van der Waals surface area contributed by atoms with Crippen LogP contribution in [0.15, 0.2) is 29.0 Å². The van der Waals surface area contributed by atoms with Crippen molar-refractivity contribution in [1.82, 2.24) is 0 Å². The van der Waals surface area contributed by atoms with Gasteiger partial charge in [-0.05, 0) is 35.7 Å². The largest absolute Gasteiger partial charge is 0.152 e. The summed E-state index contributed by atoms with van der Waals surface area (Å²) in [4.78, 5) is 0. The first-order valence-electron chi connectivity index (χ1n) is 2.94. The summed E-state index contributed by atoms with van der Waals surface area (Å²) < 4.78 is 0. The lowest BCUT2D eigenvalue weighted by atomic mass is 10.1. The first kappa shape index (κ1) is 6.56. The fourth-order valence-corrected chi connectivity index (χ4v) is 1.41. The van der Waals surface area contributed by atoms with Crippen molar-refractivity contribution in [3.8, 4) is 0 Å². The van der Waals surface area contributed by atoms with Crippen molar-refractivity contribution in [2.45, 2.75) is 13.3 Å². The Labute approximate surface area is 59.8 Å². The van der Waals surface area contributed by atoms with E-state index in [0.29, 0.717) is 0 Å². The fourth-order valence-electron chi connectivity index (χ4n) is 0.742. The zero-order valence-corrected chi connectivity index (χ0v) is 6.37. The maximum absolute atomic E-state index is 3.83. The van der Waals surface area contributed by atoms with E-state index in [4.69, 9.17) is 0 Å². The minimum Gasteiger partial charge on any atom is -0.152 e. The van der Waals surface area contributed by atoms with Crippen molar-refractivity contribution in [2.24, 2.45) is 0 Å². The highest BCUT2D eigenvalue weighted by atomic mass is 32.1. The van der Waals surface area contributed by atoms with Crippen molar-refractivity contribution in [1.29, 1.82) is 0 Å². The molecule has 0 aliphatic rings. The van der Waals surface area contributed by atoms with E-state index in [0.717, 1.165) is 6.42 Å². The van der Waals surface area contributed by atoms with Crippen molar-refractivity contribution in [2.75, 3.05) is 0 Å². The van der Waals surface area contributed by atoms with Crippen LogP contribution in [0.1, 0.15) is 12.5 Å². The Morgan fingerprint density at radius 1 is 1.78 bits per heavy atom. The molecule has 0 bridgehead atoms. The molecule has 1 aromatic rings. The molecule has 0 N–H and O–H groups in total. The molecule has 0 aromatic carbocycles. The van der Waals surface area contributed by atoms with Crippen LogP contribution in [-0.4, -0.2) is 0 Å². The van der Waals surface area contributed by atoms with Crippen LogP contribution >= 0.6 is 11.3 Å². The van der Waals surface area contributed by atoms with E-state index in [9.17, 15) is 0 Å². The van der Waals surface area contributed by atoms with Gasteiger partial charge in [-0.3, -0.25) is 0 Å². The molecule has 0 fully saturated rings. The molecule has 0 amide bonds. The maximum Gasteiger partial charge on any atom is -0.00580 e. The monoisotopic (exact) mass is 138 g/mol. The lowest BCUT2D eigenvalue weighted by Gasteiger charge is -1.91. The second-order valence-corrected chi connectivity index (χ2v) is 3.05. The average molecular weight is 138 g/mol. The Hall–Kier alpha value is -0.560. The number of hydrogen-bond acceptors (Lipinski definition) is 1. The topological polar surface area (TPSA) is 0 Å². The molecular formula is C8H10S. The highest BCUT2D eigenvalue weighted by Crippen LogP contribution is 2.09. The first-order valence-corrected chi connectivity index (χ1v) is 3.89. The molecule has 0 saturated carbocycles. The second kappa shape index (κ2) is 2.83. The van der Waals surface area contributed by atoms with Crippen LogP contribution in [0.2, 0.25) is 0 Å². The van der Waals surface area contributed by atoms with Crippen LogP contribution in [0.25, 0.3) is 0 Å². The molecule has 0 nitrogen and oxygen atoms in total. The first-order chi connectivity index (χ1) is 4.29. The number of allylic oxidation sites excluding steroid dienone is 1. The third kappa shape index (κ3) is 2.02. The van der Waals surface area contributed by atoms with Gasteiger partial charge < -0.3 is 0 Å². The molecule has 0 atom stereocenters. The van der Waals surface area contributed by atoms with Crippen LogP contribution in [0.5, 0.6) is 0 Å². The SMILES string of the molecule is C=C(C)Cc1ccsc1. The summed E-state index contributed by atoms with van der Waals surface area (Å²) in [6, 6.07) is 2.14. The van der Waals surface area contributed by atoms with Gasteiger partial charge in [0, 0.05) is 0 Å². The molecular weight excluding hydrogens is 128 g/mol. The lowest BCUT2D eigenvalue weighted by molar-refractivity contribution is 1.17.